The summed E-state index contributed by atoms with van der Waals surface area (Å²) < 4.78 is 31.7. The van der Waals surface area contributed by atoms with E-state index in [9.17, 15) is 13.2 Å². The number of hydrogen-bond donors (Lipinski definition) is 1. The van der Waals surface area contributed by atoms with Crippen molar-refractivity contribution in [3.05, 3.63) is 65.8 Å². The van der Waals surface area contributed by atoms with Crippen molar-refractivity contribution < 1.29 is 13.2 Å². The number of hydrogen-bond acceptors (Lipinski definition) is 6. The number of amidine groups is 1. The Bertz CT molecular complexity index is 1520. The molecule has 2 aromatic carbocycles. The summed E-state index contributed by atoms with van der Waals surface area (Å²) in [6.07, 6.45) is 7.53. The van der Waals surface area contributed by atoms with Gasteiger partial charge in [0, 0.05) is 47.6 Å². The summed E-state index contributed by atoms with van der Waals surface area (Å²) in [7, 11) is -3.84. The summed E-state index contributed by atoms with van der Waals surface area (Å²) in [6.45, 7) is 0.730. The van der Waals surface area contributed by atoms with Crippen LogP contribution >= 0.6 is 11.3 Å². The van der Waals surface area contributed by atoms with Gasteiger partial charge in [0.25, 0.3) is 15.9 Å². The van der Waals surface area contributed by atoms with Gasteiger partial charge in [-0.05, 0) is 43.2 Å². The SMILES string of the molecule is O=C(Nc1ccc(-c2cn3ccsc3n2)cc1)c1ccc2c(c1)S(=O)(=O)N=C1CCCCCN12. The highest BCUT2D eigenvalue weighted by atomic mass is 32.2. The molecular formula is C24H21N5O3S2. The average Bonchev–Trinajstić information content (AvgIpc) is 3.35. The second-order valence-electron chi connectivity index (χ2n) is 8.38. The molecule has 6 rings (SSSR count). The Kier molecular flexibility index (Phi) is 5.00. The van der Waals surface area contributed by atoms with E-state index in [0.717, 1.165) is 42.0 Å². The standard InChI is InChI=1S/C24H21N5O3S2/c30-23(25-18-8-5-16(6-9-18)19-15-28-12-13-33-24(28)26-19)17-7-10-20-21(14-17)34(31,32)27-22-4-2-1-3-11-29(20)22/h5-10,12-15H,1-4,11H2,(H,25,30). The summed E-state index contributed by atoms with van der Waals surface area (Å²) in [4.78, 5) is 20.5. The Hall–Kier alpha value is -3.50. The molecule has 0 atom stereocenters. The van der Waals surface area contributed by atoms with Crippen LogP contribution in [0.15, 0.2) is 69.5 Å². The van der Waals surface area contributed by atoms with Crippen molar-refractivity contribution in [2.75, 3.05) is 16.8 Å². The highest BCUT2D eigenvalue weighted by molar-refractivity contribution is 7.90. The molecule has 1 fully saturated rings. The van der Waals surface area contributed by atoms with E-state index in [1.807, 2.05) is 51.3 Å². The second-order valence-corrected chi connectivity index (χ2v) is 10.8. The number of sulfonamides is 1. The Morgan fingerprint density at radius 2 is 1.91 bits per heavy atom. The molecule has 0 radical (unpaired) electrons. The Morgan fingerprint density at radius 1 is 1.06 bits per heavy atom. The highest BCUT2D eigenvalue weighted by Gasteiger charge is 2.32. The Labute approximate surface area is 200 Å². The number of amides is 1. The van der Waals surface area contributed by atoms with Gasteiger partial charge in [0.2, 0.25) is 0 Å². The first-order valence-corrected chi connectivity index (χ1v) is 13.4. The molecule has 0 spiro atoms. The van der Waals surface area contributed by atoms with Gasteiger partial charge in [-0.25, -0.2) is 4.98 Å². The van der Waals surface area contributed by atoms with Crippen molar-refractivity contribution >= 4 is 49.4 Å². The smallest absolute Gasteiger partial charge is 0.286 e. The van der Waals surface area contributed by atoms with Gasteiger partial charge in [-0.15, -0.1) is 15.7 Å². The summed E-state index contributed by atoms with van der Waals surface area (Å²) in [5.74, 6) is 0.221. The van der Waals surface area contributed by atoms with Crippen LogP contribution in [0.25, 0.3) is 16.2 Å². The maximum atomic E-state index is 12.9. The van der Waals surface area contributed by atoms with E-state index in [0.29, 0.717) is 23.6 Å². The van der Waals surface area contributed by atoms with Crippen molar-refractivity contribution in [3.63, 3.8) is 0 Å². The third kappa shape index (κ3) is 3.68. The first-order chi connectivity index (χ1) is 16.5. The number of benzene rings is 2. The van der Waals surface area contributed by atoms with Crippen molar-refractivity contribution in [2.24, 2.45) is 4.40 Å². The summed E-state index contributed by atoms with van der Waals surface area (Å²) in [5, 5.41) is 4.83. The molecule has 0 aliphatic carbocycles. The van der Waals surface area contributed by atoms with E-state index >= 15 is 0 Å². The van der Waals surface area contributed by atoms with Gasteiger partial charge in [0.15, 0.2) is 4.96 Å². The van der Waals surface area contributed by atoms with Crippen molar-refractivity contribution in [2.45, 2.75) is 30.6 Å². The number of thiazole rings is 1. The lowest BCUT2D eigenvalue weighted by molar-refractivity contribution is 0.102. The normalized spacial score (nSPS) is 16.9. The third-order valence-corrected chi connectivity index (χ3v) is 8.25. The summed E-state index contributed by atoms with van der Waals surface area (Å²) >= 11 is 1.57. The molecule has 4 aromatic rings. The third-order valence-electron chi connectivity index (χ3n) is 6.14. The average molecular weight is 492 g/mol. The van der Waals surface area contributed by atoms with Crippen LogP contribution < -0.4 is 10.2 Å². The number of anilines is 2. The molecule has 172 valence electrons. The molecule has 0 saturated carbocycles. The van der Waals surface area contributed by atoms with Gasteiger partial charge >= 0.3 is 0 Å². The maximum Gasteiger partial charge on any atom is 0.286 e. The minimum absolute atomic E-state index is 0.0842. The molecule has 2 aromatic heterocycles. The van der Waals surface area contributed by atoms with Crippen LogP contribution in [0.3, 0.4) is 0 Å². The van der Waals surface area contributed by atoms with E-state index in [4.69, 9.17) is 0 Å². The number of rotatable bonds is 3. The summed E-state index contributed by atoms with van der Waals surface area (Å²) in [5.41, 5.74) is 3.29. The lowest BCUT2D eigenvalue weighted by Crippen LogP contribution is -2.35. The first kappa shape index (κ1) is 21.1. The number of aromatic nitrogens is 2. The number of carbonyl (C=O) groups excluding carboxylic acids is 1. The minimum atomic E-state index is -3.84. The van der Waals surface area contributed by atoms with E-state index in [2.05, 4.69) is 14.7 Å². The number of imidazole rings is 1. The lowest BCUT2D eigenvalue weighted by Gasteiger charge is -2.29. The van der Waals surface area contributed by atoms with Gasteiger partial charge in [0.05, 0.1) is 11.4 Å². The van der Waals surface area contributed by atoms with Crippen LogP contribution in [0.4, 0.5) is 11.4 Å². The number of carbonyl (C=O) groups is 1. The van der Waals surface area contributed by atoms with Crippen molar-refractivity contribution in [3.8, 4) is 11.3 Å². The first-order valence-electron chi connectivity index (χ1n) is 11.1. The molecule has 0 bridgehead atoms. The quantitative estimate of drug-likeness (QED) is 0.444. The zero-order valence-corrected chi connectivity index (χ0v) is 19.8. The van der Waals surface area contributed by atoms with Gasteiger partial charge in [-0.2, -0.15) is 8.42 Å². The minimum Gasteiger partial charge on any atom is -0.328 e. The zero-order valence-electron chi connectivity index (χ0n) is 18.1. The lowest BCUT2D eigenvalue weighted by atomic mass is 10.1. The molecule has 0 unspecified atom stereocenters. The molecule has 1 saturated heterocycles. The zero-order chi connectivity index (χ0) is 23.3. The molecule has 10 heteroatoms. The topological polar surface area (TPSA) is 96.1 Å². The molecule has 8 nitrogen and oxygen atoms in total. The van der Waals surface area contributed by atoms with E-state index in [1.54, 1.807) is 23.5 Å². The van der Waals surface area contributed by atoms with Crippen LogP contribution in [0, 0.1) is 0 Å². The van der Waals surface area contributed by atoms with Crippen LogP contribution in [-0.2, 0) is 10.0 Å². The predicted molar refractivity (Wildman–Crippen MR) is 133 cm³/mol. The number of nitrogens with one attached hydrogen (secondary N) is 1. The van der Waals surface area contributed by atoms with Crippen LogP contribution in [0.5, 0.6) is 0 Å². The molecule has 2 aliphatic heterocycles. The predicted octanol–water partition coefficient (Wildman–Crippen LogP) is 4.80. The van der Waals surface area contributed by atoms with Crippen LogP contribution in [0.1, 0.15) is 36.0 Å². The van der Waals surface area contributed by atoms with Gasteiger partial charge < -0.3 is 10.2 Å². The second kappa shape index (κ2) is 8.07. The fourth-order valence-electron chi connectivity index (χ4n) is 4.42. The molecule has 1 N–H and O–H groups in total. The van der Waals surface area contributed by atoms with E-state index < -0.39 is 10.0 Å². The molecular weight excluding hydrogens is 470 g/mol. The molecule has 1 amide bonds. The molecule has 34 heavy (non-hydrogen) atoms. The fourth-order valence-corrected chi connectivity index (χ4v) is 6.40. The monoisotopic (exact) mass is 491 g/mol. The van der Waals surface area contributed by atoms with Crippen LogP contribution in [0.2, 0.25) is 0 Å². The van der Waals surface area contributed by atoms with Crippen molar-refractivity contribution in [1.82, 2.24) is 9.38 Å². The maximum absolute atomic E-state index is 12.9. The van der Waals surface area contributed by atoms with Gasteiger partial charge in [-0.1, -0.05) is 18.6 Å². The van der Waals surface area contributed by atoms with Crippen molar-refractivity contribution in [1.29, 1.82) is 0 Å². The van der Waals surface area contributed by atoms with Gasteiger partial charge in [-0.3, -0.25) is 9.20 Å². The number of nitrogens with zero attached hydrogens (tertiary/aromatic N) is 4. The number of fused-ring (bicyclic) bond motifs is 4. The highest BCUT2D eigenvalue weighted by Crippen LogP contribution is 2.35. The Morgan fingerprint density at radius 3 is 2.74 bits per heavy atom. The molecule has 4 heterocycles. The molecule has 2 aliphatic rings. The Balaban J connectivity index is 1.24. The van der Waals surface area contributed by atoms with Crippen LogP contribution in [-0.4, -0.2) is 36.1 Å². The fraction of sp³-hybridized carbons (Fsp3) is 0.208. The largest absolute Gasteiger partial charge is 0.328 e. The van der Waals surface area contributed by atoms with Gasteiger partial charge in [0.1, 0.15) is 10.7 Å². The van der Waals surface area contributed by atoms with E-state index in [-0.39, 0.29) is 16.4 Å². The van der Waals surface area contributed by atoms with E-state index in [1.165, 1.54) is 6.07 Å². The summed E-state index contributed by atoms with van der Waals surface area (Å²) in [6, 6.07) is 12.2.